The first-order valence-electron chi connectivity index (χ1n) is 15.2. The number of rotatable bonds is 12. The number of nitrogens with one attached hydrogen (secondary N) is 3. The minimum absolute atomic E-state index is 0.0462. The smallest absolute Gasteiger partial charge is 0.407 e. The van der Waals surface area contributed by atoms with Crippen molar-refractivity contribution in [3.05, 3.63) is 12.7 Å². The van der Waals surface area contributed by atoms with Gasteiger partial charge in [0.2, 0.25) is 17.6 Å². The lowest BCUT2D eigenvalue weighted by Gasteiger charge is -2.37. The molecule has 2 saturated carbocycles. The number of hydrogen-bond acceptors (Lipinski definition) is 6. The molecule has 1 aliphatic heterocycles. The van der Waals surface area contributed by atoms with Crippen LogP contribution in [0, 0.1) is 28.6 Å². The van der Waals surface area contributed by atoms with Gasteiger partial charge in [0.25, 0.3) is 5.91 Å². The van der Waals surface area contributed by atoms with Crippen LogP contribution in [-0.4, -0.2) is 72.3 Å². The van der Waals surface area contributed by atoms with E-state index < -0.39 is 41.8 Å². The maximum absolute atomic E-state index is 14.2. The molecule has 3 fully saturated rings. The van der Waals surface area contributed by atoms with E-state index >= 15 is 0 Å². The number of piperidine rings is 1. The molecule has 0 radical (unpaired) electrons. The quantitative estimate of drug-likeness (QED) is 0.242. The van der Waals surface area contributed by atoms with Gasteiger partial charge >= 0.3 is 6.09 Å². The lowest BCUT2D eigenvalue weighted by molar-refractivity contribution is -0.145. The molecular formula is C31H50N4O6. The molecule has 5 unspecified atom stereocenters. The first-order chi connectivity index (χ1) is 19.2. The van der Waals surface area contributed by atoms with Crippen LogP contribution in [0.15, 0.2) is 12.7 Å². The highest BCUT2D eigenvalue weighted by Gasteiger charge is 2.69. The third-order valence-corrected chi connectivity index (χ3v) is 8.90. The van der Waals surface area contributed by atoms with Crippen LogP contribution >= 0.6 is 0 Å². The average molecular weight is 575 g/mol. The van der Waals surface area contributed by atoms with Crippen LogP contribution in [0.4, 0.5) is 4.79 Å². The fraction of sp³-hybridized carbons (Fsp3) is 0.774. The first-order valence-corrected chi connectivity index (χ1v) is 15.2. The molecule has 0 aromatic carbocycles. The van der Waals surface area contributed by atoms with Crippen molar-refractivity contribution in [3.8, 4) is 0 Å². The number of amides is 4. The Kier molecular flexibility index (Phi) is 10.6. The van der Waals surface area contributed by atoms with Crippen molar-refractivity contribution in [3.63, 3.8) is 0 Å². The molecule has 4 amide bonds. The number of Topliss-reactive ketones (excluding diaryl/α,β-unsaturated/α-hetero) is 1. The van der Waals surface area contributed by atoms with E-state index in [4.69, 9.17) is 4.74 Å². The lowest BCUT2D eigenvalue weighted by atomic mass is 9.83. The molecule has 10 nitrogen and oxygen atoms in total. The van der Waals surface area contributed by atoms with Crippen molar-refractivity contribution in [1.82, 2.24) is 20.9 Å². The molecule has 0 bridgehead atoms. The Morgan fingerprint density at radius 1 is 1.07 bits per heavy atom. The average Bonchev–Trinajstić information content (AvgIpc) is 3.24. The van der Waals surface area contributed by atoms with E-state index in [1.807, 2.05) is 27.7 Å². The van der Waals surface area contributed by atoms with Crippen LogP contribution in [0.2, 0.25) is 0 Å². The number of hydrogen-bond donors (Lipinski definition) is 3. The molecule has 2 aliphatic carbocycles. The summed E-state index contributed by atoms with van der Waals surface area (Å²) in [5.41, 5.74) is -0.356. The van der Waals surface area contributed by atoms with Gasteiger partial charge in [-0.2, -0.15) is 0 Å². The number of likely N-dealkylation sites (tertiary alicyclic amines) is 1. The molecular weight excluding hydrogens is 524 g/mol. The van der Waals surface area contributed by atoms with Crippen molar-refractivity contribution in [2.45, 2.75) is 105 Å². The normalized spacial score (nSPS) is 24.8. The van der Waals surface area contributed by atoms with E-state index in [0.29, 0.717) is 19.4 Å². The minimum atomic E-state index is -0.991. The van der Waals surface area contributed by atoms with Gasteiger partial charge < -0.3 is 25.6 Å². The number of carbonyl (C=O) groups is 5. The van der Waals surface area contributed by atoms with Gasteiger partial charge in [-0.1, -0.05) is 73.3 Å². The van der Waals surface area contributed by atoms with Crippen molar-refractivity contribution >= 4 is 29.6 Å². The second-order valence-corrected chi connectivity index (χ2v) is 13.8. The third-order valence-electron chi connectivity index (χ3n) is 8.90. The van der Waals surface area contributed by atoms with Crippen LogP contribution in [0.25, 0.3) is 0 Å². The zero-order valence-corrected chi connectivity index (χ0v) is 25.7. The van der Waals surface area contributed by atoms with Gasteiger partial charge in [-0.25, -0.2) is 4.79 Å². The van der Waals surface area contributed by atoms with Gasteiger partial charge in [0.05, 0.1) is 12.6 Å². The van der Waals surface area contributed by atoms with E-state index in [1.54, 1.807) is 4.90 Å². The molecule has 3 aliphatic rings. The maximum atomic E-state index is 14.2. The highest BCUT2D eigenvalue weighted by molar-refractivity contribution is 6.38. The maximum Gasteiger partial charge on any atom is 0.407 e. The predicted octanol–water partition coefficient (Wildman–Crippen LogP) is 3.35. The fourth-order valence-electron chi connectivity index (χ4n) is 6.52. The molecule has 230 valence electrons. The van der Waals surface area contributed by atoms with Gasteiger partial charge in [0.1, 0.15) is 12.1 Å². The fourth-order valence-corrected chi connectivity index (χ4v) is 6.52. The van der Waals surface area contributed by atoms with Gasteiger partial charge in [-0.05, 0) is 47.8 Å². The highest BCUT2D eigenvalue weighted by atomic mass is 16.5. The second-order valence-electron chi connectivity index (χ2n) is 13.8. The van der Waals surface area contributed by atoms with Crippen molar-refractivity contribution < 1.29 is 28.7 Å². The zero-order valence-electron chi connectivity index (χ0n) is 25.7. The SMILES string of the molecule is C=CCNC(=O)C(=O)C(CCC)NC(=O)C1C2C(CN1C(=O)C(NC(=O)OCC(C)(C)C)C1CCCCC1)C2(C)C. The summed E-state index contributed by atoms with van der Waals surface area (Å²) < 4.78 is 5.45. The van der Waals surface area contributed by atoms with E-state index in [-0.39, 0.29) is 47.6 Å². The van der Waals surface area contributed by atoms with Gasteiger partial charge in [-0.15, -0.1) is 6.58 Å². The Hall–Kier alpha value is -2.91. The van der Waals surface area contributed by atoms with Gasteiger partial charge in [-0.3, -0.25) is 19.2 Å². The minimum Gasteiger partial charge on any atom is -0.449 e. The largest absolute Gasteiger partial charge is 0.449 e. The molecule has 41 heavy (non-hydrogen) atoms. The van der Waals surface area contributed by atoms with E-state index in [1.165, 1.54) is 6.08 Å². The summed E-state index contributed by atoms with van der Waals surface area (Å²) in [7, 11) is 0. The summed E-state index contributed by atoms with van der Waals surface area (Å²) in [4.78, 5) is 67.7. The Morgan fingerprint density at radius 3 is 2.32 bits per heavy atom. The van der Waals surface area contributed by atoms with Crippen molar-refractivity contribution in [1.29, 1.82) is 0 Å². The molecule has 0 spiro atoms. The molecule has 3 N–H and O–H groups in total. The summed E-state index contributed by atoms with van der Waals surface area (Å²) >= 11 is 0. The monoisotopic (exact) mass is 574 g/mol. The number of ether oxygens (including phenoxy) is 1. The van der Waals surface area contributed by atoms with E-state index in [9.17, 15) is 24.0 Å². The highest BCUT2D eigenvalue weighted by Crippen LogP contribution is 2.65. The zero-order chi connectivity index (χ0) is 30.5. The van der Waals surface area contributed by atoms with Crippen molar-refractivity contribution in [2.24, 2.45) is 28.6 Å². The Balaban J connectivity index is 1.82. The van der Waals surface area contributed by atoms with Crippen LogP contribution in [0.1, 0.15) is 86.5 Å². The summed E-state index contributed by atoms with van der Waals surface area (Å²) in [6.45, 7) is 16.2. The van der Waals surface area contributed by atoms with Crippen molar-refractivity contribution in [2.75, 3.05) is 19.7 Å². The first kappa shape index (κ1) is 32.6. The number of carbonyl (C=O) groups excluding carboxylic acids is 5. The number of nitrogens with zero attached hydrogens (tertiary/aromatic N) is 1. The summed E-state index contributed by atoms with van der Waals surface area (Å²) in [6.07, 6.45) is 6.40. The summed E-state index contributed by atoms with van der Waals surface area (Å²) in [6, 6.07) is -2.57. The molecule has 5 atom stereocenters. The molecule has 1 saturated heterocycles. The van der Waals surface area contributed by atoms with Crippen LogP contribution in [0.5, 0.6) is 0 Å². The lowest BCUT2D eigenvalue weighted by Crippen LogP contribution is -2.59. The number of fused-ring (bicyclic) bond motifs is 1. The van der Waals surface area contributed by atoms with Crippen LogP contribution in [0.3, 0.4) is 0 Å². The summed E-state index contributed by atoms with van der Waals surface area (Å²) in [5.74, 6) is -2.19. The Morgan fingerprint density at radius 2 is 1.73 bits per heavy atom. The van der Waals surface area contributed by atoms with Crippen LogP contribution < -0.4 is 16.0 Å². The van der Waals surface area contributed by atoms with E-state index in [0.717, 1.165) is 32.1 Å². The molecule has 1 heterocycles. The number of ketones is 1. The Bertz CT molecular complexity index is 1010. The van der Waals surface area contributed by atoms with Gasteiger partial charge in [0.15, 0.2) is 0 Å². The Labute approximate surface area is 244 Å². The molecule has 0 aromatic heterocycles. The van der Waals surface area contributed by atoms with Crippen LogP contribution in [-0.2, 0) is 23.9 Å². The standard InChI is InChI=1S/C31H50N4O6/c1-8-13-21(25(36)27(38)32-16-9-2)33-26(37)24-22-20(31(22,6)7)17-35(24)28(39)23(19-14-11-10-12-15-19)34-29(40)41-18-30(3,4)5/h9,19-24H,2,8,10-18H2,1,3-7H3,(H,32,38)(H,33,37)(H,34,40). The van der Waals surface area contributed by atoms with E-state index in [2.05, 4.69) is 36.4 Å². The third kappa shape index (κ3) is 7.89. The second kappa shape index (κ2) is 13.4. The predicted molar refractivity (Wildman–Crippen MR) is 156 cm³/mol. The molecule has 0 aromatic rings. The van der Waals surface area contributed by atoms with Gasteiger partial charge in [0, 0.05) is 13.1 Å². The molecule has 10 heteroatoms. The topological polar surface area (TPSA) is 134 Å². The molecule has 3 rings (SSSR count). The number of alkyl carbamates (subject to hydrolysis) is 1. The summed E-state index contributed by atoms with van der Waals surface area (Å²) in [5, 5.41) is 8.16.